The van der Waals surface area contributed by atoms with Crippen LogP contribution in [0.2, 0.25) is 5.02 Å². The second-order valence-corrected chi connectivity index (χ2v) is 5.31. The summed E-state index contributed by atoms with van der Waals surface area (Å²) in [5, 5.41) is 0.0102. The van der Waals surface area contributed by atoms with Crippen LogP contribution in [0.25, 0.3) is 11.1 Å². The highest BCUT2D eigenvalue weighted by Gasteiger charge is 2.11. The maximum absolute atomic E-state index is 13.5. The van der Waals surface area contributed by atoms with Crippen LogP contribution in [0.1, 0.15) is 15.9 Å². The first-order chi connectivity index (χ1) is 10.6. The van der Waals surface area contributed by atoms with Gasteiger partial charge in [-0.3, -0.25) is 4.79 Å². The summed E-state index contributed by atoms with van der Waals surface area (Å²) in [5.41, 5.74) is 2.91. The molecule has 0 radical (unpaired) electrons. The molecular formula is C19H12ClFO. The number of hydrogen-bond acceptors (Lipinski definition) is 1. The Morgan fingerprint density at radius 1 is 0.773 bits per heavy atom. The topological polar surface area (TPSA) is 17.1 Å². The molecule has 3 aromatic carbocycles. The van der Waals surface area contributed by atoms with E-state index in [2.05, 4.69) is 0 Å². The zero-order valence-corrected chi connectivity index (χ0v) is 12.3. The summed E-state index contributed by atoms with van der Waals surface area (Å²) in [5.74, 6) is -0.816. The van der Waals surface area contributed by atoms with Crippen molar-refractivity contribution in [2.75, 3.05) is 0 Å². The number of rotatable bonds is 3. The number of ketones is 1. The van der Waals surface area contributed by atoms with Gasteiger partial charge in [0.2, 0.25) is 0 Å². The van der Waals surface area contributed by atoms with Gasteiger partial charge in [0.05, 0.1) is 5.02 Å². The van der Waals surface area contributed by atoms with E-state index in [9.17, 15) is 9.18 Å². The zero-order chi connectivity index (χ0) is 15.5. The number of benzene rings is 3. The van der Waals surface area contributed by atoms with Gasteiger partial charge in [0.25, 0.3) is 0 Å². The third-order valence-electron chi connectivity index (χ3n) is 3.44. The molecule has 0 bridgehead atoms. The minimum absolute atomic E-state index is 0.0102. The Kier molecular flexibility index (Phi) is 4.03. The van der Waals surface area contributed by atoms with Gasteiger partial charge in [-0.05, 0) is 29.3 Å². The molecule has 0 spiro atoms. The van der Waals surface area contributed by atoms with Gasteiger partial charge in [-0.15, -0.1) is 0 Å². The van der Waals surface area contributed by atoms with Crippen LogP contribution in [-0.2, 0) is 0 Å². The van der Waals surface area contributed by atoms with Gasteiger partial charge in [-0.1, -0.05) is 66.2 Å². The molecule has 3 heteroatoms. The molecular weight excluding hydrogens is 299 g/mol. The molecule has 0 saturated carbocycles. The first-order valence-electron chi connectivity index (χ1n) is 6.80. The number of carbonyl (C=O) groups excluding carboxylic acids is 1. The average Bonchev–Trinajstić information content (AvgIpc) is 2.58. The lowest BCUT2D eigenvalue weighted by Crippen LogP contribution is -2.01. The van der Waals surface area contributed by atoms with E-state index >= 15 is 0 Å². The quantitative estimate of drug-likeness (QED) is 0.594. The van der Waals surface area contributed by atoms with Crippen LogP contribution < -0.4 is 0 Å². The minimum atomic E-state index is -0.589. The Bertz CT molecular complexity index is 811. The van der Waals surface area contributed by atoms with Crippen LogP contribution in [0.5, 0.6) is 0 Å². The Balaban J connectivity index is 1.89. The van der Waals surface area contributed by atoms with Crippen molar-refractivity contribution >= 4 is 17.4 Å². The Morgan fingerprint density at radius 2 is 1.36 bits per heavy atom. The molecule has 0 heterocycles. The third-order valence-corrected chi connectivity index (χ3v) is 3.74. The van der Waals surface area contributed by atoms with Gasteiger partial charge in [0, 0.05) is 11.1 Å². The monoisotopic (exact) mass is 310 g/mol. The smallest absolute Gasteiger partial charge is 0.193 e. The maximum Gasteiger partial charge on any atom is 0.193 e. The standard InChI is InChI=1S/C19H12ClFO/c20-17-11-10-16(12-18(17)21)19(22)15-8-6-14(7-9-15)13-4-2-1-3-5-13/h1-12H. The van der Waals surface area contributed by atoms with E-state index in [1.54, 1.807) is 12.1 Å². The van der Waals surface area contributed by atoms with Crippen molar-refractivity contribution in [2.24, 2.45) is 0 Å². The predicted octanol–water partition coefficient (Wildman–Crippen LogP) is 5.38. The second-order valence-electron chi connectivity index (χ2n) is 4.90. The molecule has 0 atom stereocenters. The van der Waals surface area contributed by atoms with Crippen LogP contribution in [0.15, 0.2) is 72.8 Å². The lowest BCUT2D eigenvalue weighted by atomic mass is 9.99. The van der Waals surface area contributed by atoms with E-state index in [0.717, 1.165) is 17.2 Å². The van der Waals surface area contributed by atoms with E-state index in [-0.39, 0.29) is 16.4 Å². The molecule has 3 rings (SSSR count). The molecule has 3 aromatic rings. The van der Waals surface area contributed by atoms with E-state index in [1.165, 1.54) is 12.1 Å². The van der Waals surface area contributed by atoms with E-state index < -0.39 is 5.82 Å². The first-order valence-corrected chi connectivity index (χ1v) is 7.18. The van der Waals surface area contributed by atoms with E-state index in [1.807, 2.05) is 42.5 Å². The summed E-state index contributed by atoms with van der Waals surface area (Å²) in [6, 6.07) is 21.2. The van der Waals surface area contributed by atoms with Crippen molar-refractivity contribution in [3.05, 3.63) is 94.8 Å². The fraction of sp³-hybridized carbons (Fsp3) is 0. The molecule has 0 aromatic heterocycles. The minimum Gasteiger partial charge on any atom is -0.289 e. The van der Waals surface area contributed by atoms with E-state index in [4.69, 9.17) is 11.6 Å². The summed E-state index contributed by atoms with van der Waals surface area (Å²) < 4.78 is 13.5. The number of carbonyl (C=O) groups is 1. The highest BCUT2D eigenvalue weighted by molar-refractivity contribution is 6.30. The van der Waals surface area contributed by atoms with Gasteiger partial charge in [0.1, 0.15) is 5.82 Å². The summed E-state index contributed by atoms with van der Waals surface area (Å²) in [6.07, 6.45) is 0. The Morgan fingerprint density at radius 3 is 2.00 bits per heavy atom. The summed E-state index contributed by atoms with van der Waals surface area (Å²) in [4.78, 5) is 12.3. The lowest BCUT2D eigenvalue weighted by Gasteiger charge is -2.05. The highest BCUT2D eigenvalue weighted by Crippen LogP contribution is 2.22. The highest BCUT2D eigenvalue weighted by atomic mass is 35.5. The molecule has 1 nitrogen and oxygen atoms in total. The first kappa shape index (κ1) is 14.5. The average molecular weight is 311 g/mol. The third kappa shape index (κ3) is 2.92. The summed E-state index contributed by atoms with van der Waals surface area (Å²) in [7, 11) is 0. The predicted molar refractivity (Wildman–Crippen MR) is 86.7 cm³/mol. The van der Waals surface area contributed by atoms with Crippen molar-refractivity contribution in [1.29, 1.82) is 0 Å². The van der Waals surface area contributed by atoms with Crippen molar-refractivity contribution in [1.82, 2.24) is 0 Å². The van der Waals surface area contributed by atoms with Gasteiger partial charge >= 0.3 is 0 Å². The molecule has 0 saturated heterocycles. The molecule has 0 aliphatic heterocycles. The van der Waals surface area contributed by atoms with Crippen LogP contribution in [0.3, 0.4) is 0 Å². The fourth-order valence-electron chi connectivity index (χ4n) is 2.25. The largest absolute Gasteiger partial charge is 0.289 e. The molecule has 0 aliphatic carbocycles. The molecule has 0 aliphatic rings. The Hall–Kier alpha value is -2.45. The molecule has 0 N–H and O–H groups in total. The normalized spacial score (nSPS) is 10.5. The second kappa shape index (κ2) is 6.12. The van der Waals surface area contributed by atoms with Gasteiger partial charge < -0.3 is 0 Å². The SMILES string of the molecule is O=C(c1ccc(-c2ccccc2)cc1)c1ccc(Cl)c(F)c1. The van der Waals surface area contributed by atoms with Crippen LogP contribution in [0.4, 0.5) is 4.39 Å². The van der Waals surface area contributed by atoms with Crippen LogP contribution in [-0.4, -0.2) is 5.78 Å². The molecule has 0 fully saturated rings. The van der Waals surface area contributed by atoms with Gasteiger partial charge in [-0.2, -0.15) is 0 Å². The van der Waals surface area contributed by atoms with Crippen molar-refractivity contribution in [3.8, 4) is 11.1 Å². The molecule has 22 heavy (non-hydrogen) atoms. The summed E-state index contributed by atoms with van der Waals surface area (Å²) >= 11 is 5.63. The Labute approximate surface area is 133 Å². The van der Waals surface area contributed by atoms with Gasteiger partial charge in [0.15, 0.2) is 5.78 Å². The zero-order valence-electron chi connectivity index (χ0n) is 11.6. The summed E-state index contributed by atoms with van der Waals surface area (Å²) in [6.45, 7) is 0. The van der Waals surface area contributed by atoms with Crippen molar-refractivity contribution in [3.63, 3.8) is 0 Å². The molecule has 108 valence electrons. The lowest BCUT2D eigenvalue weighted by molar-refractivity contribution is 0.103. The molecule has 0 amide bonds. The van der Waals surface area contributed by atoms with Crippen molar-refractivity contribution in [2.45, 2.75) is 0 Å². The number of hydrogen-bond donors (Lipinski definition) is 0. The van der Waals surface area contributed by atoms with Crippen molar-refractivity contribution < 1.29 is 9.18 Å². The number of halogens is 2. The van der Waals surface area contributed by atoms with Crippen LogP contribution in [0, 0.1) is 5.82 Å². The molecule has 0 unspecified atom stereocenters. The van der Waals surface area contributed by atoms with Crippen LogP contribution >= 0.6 is 11.6 Å². The van der Waals surface area contributed by atoms with E-state index in [0.29, 0.717) is 5.56 Å². The van der Waals surface area contributed by atoms with Gasteiger partial charge in [-0.25, -0.2) is 4.39 Å². The maximum atomic E-state index is 13.5. The fourth-order valence-corrected chi connectivity index (χ4v) is 2.37.